The topological polar surface area (TPSA) is 35.8 Å². The second kappa shape index (κ2) is 4.82. The summed E-state index contributed by atoms with van der Waals surface area (Å²) in [7, 11) is 0. The number of hydrogen-bond donors (Lipinski definition) is 1. The molecular formula is C13H12N2S. The Bertz CT molecular complexity index is 505. The van der Waals surface area contributed by atoms with E-state index in [-0.39, 0.29) is 0 Å². The first-order valence-electron chi connectivity index (χ1n) is 5.06. The molecule has 0 saturated heterocycles. The van der Waals surface area contributed by atoms with Crippen molar-refractivity contribution in [1.29, 1.82) is 5.26 Å². The molecule has 0 amide bonds. The molecule has 0 aliphatic carbocycles. The van der Waals surface area contributed by atoms with Gasteiger partial charge < -0.3 is 5.32 Å². The summed E-state index contributed by atoms with van der Waals surface area (Å²) >= 11 is 1.76. The molecule has 0 saturated carbocycles. The Labute approximate surface area is 99.2 Å². The lowest BCUT2D eigenvalue weighted by molar-refractivity contribution is 1.17. The van der Waals surface area contributed by atoms with Crippen molar-refractivity contribution in [2.75, 3.05) is 5.32 Å². The number of benzene rings is 1. The van der Waals surface area contributed by atoms with Crippen LogP contribution in [0.3, 0.4) is 0 Å². The van der Waals surface area contributed by atoms with Crippen molar-refractivity contribution in [2.24, 2.45) is 0 Å². The molecule has 80 valence electrons. The maximum atomic E-state index is 8.68. The molecule has 3 heteroatoms. The highest BCUT2D eigenvalue weighted by molar-refractivity contribution is 7.10. The molecule has 0 aliphatic rings. The Hall–Kier alpha value is -1.79. The van der Waals surface area contributed by atoms with Crippen molar-refractivity contribution in [3.63, 3.8) is 0 Å². The van der Waals surface area contributed by atoms with Crippen LogP contribution in [0.1, 0.15) is 16.0 Å². The third-order valence-corrected chi connectivity index (χ3v) is 3.46. The Kier molecular flexibility index (Phi) is 3.23. The standard InChI is InChI=1S/C13H12N2S/c1-10-6-7-16-13(10)9-15-12-4-2-11(8-14)3-5-12/h2-7,15H,9H2,1H3. The first-order chi connectivity index (χ1) is 7.79. The first-order valence-corrected chi connectivity index (χ1v) is 5.94. The number of aryl methyl sites for hydroxylation is 1. The average Bonchev–Trinajstić information content (AvgIpc) is 2.73. The van der Waals surface area contributed by atoms with E-state index in [1.807, 2.05) is 24.3 Å². The summed E-state index contributed by atoms with van der Waals surface area (Å²) in [6.45, 7) is 2.96. The molecule has 1 aromatic carbocycles. The number of hydrogen-bond acceptors (Lipinski definition) is 3. The summed E-state index contributed by atoms with van der Waals surface area (Å²) in [6, 6.07) is 11.7. The number of nitriles is 1. The highest BCUT2D eigenvalue weighted by Crippen LogP contribution is 2.17. The molecule has 0 unspecified atom stereocenters. The Morgan fingerprint density at radius 1 is 1.25 bits per heavy atom. The van der Waals surface area contributed by atoms with Gasteiger partial charge in [-0.3, -0.25) is 0 Å². The van der Waals surface area contributed by atoms with Crippen LogP contribution in [0.4, 0.5) is 5.69 Å². The summed E-state index contributed by atoms with van der Waals surface area (Å²) in [5.74, 6) is 0. The van der Waals surface area contributed by atoms with Crippen LogP contribution in [0.2, 0.25) is 0 Å². The molecule has 2 rings (SSSR count). The average molecular weight is 228 g/mol. The minimum atomic E-state index is 0.692. The predicted molar refractivity (Wildman–Crippen MR) is 67.5 cm³/mol. The van der Waals surface area contributed by atoms with Gasteiger partial charge in [-0.1, -0.05) is 0 Å². The fourth-order valence-electron chi connectivity index (χ4n) is 1.43. The van der Waals surface area contributed by atoms with Gasteiger partial charge in [-0.25, -0.2) is 0 Å². The molecule has 1 aromatic heterocycles. The monoisotopic (exact) mass is 228 g/mol. The normalized spacial score (nSPS) is 9.75. The molecule has 0 bridgehead atoms. The summed E-state index contributed by atoms with van der Waals surface area (Å²) in [4.78, 5) is 1.35. The van der Waals surface area contributed by atoms with Gasteiger partial charge in [-0.15, -0.1) is 11.3 Å². The van der Waals surface area contributed by atoms with E-state index in [0.717, 1.165) is 12.2 Å². The van der Waals surface area contributed by atoms with Gasteiger partial charge in [0.05, 0.1) is 11.6 Å². The van der Waals surface area contributed by atoms with Gasteiger partial charge in [0, 0.05) is 17.1 Å². The Balaban J connectivity index is 2.00. The van der Waals surface area contributed by atoms with Crippen molar-refractivity contribution in [3.05, 3.63) is 51.7 Å². The van der Waals surface area contributed by atoms with Crippen molar-refractivity contribution in [1.82, 2.24) is 0 Å². The third kappa shape index (κ3) is 2.41. The van der Waals surface area contributed by atoms with Gasteiger partial charge in [0.2, 0.25) is 0 Å². The second-order valence-corrected chi connectivity index (χ2v) is 4.57. The third-order valence-electron chi connectivity index (χ3n) is 2.44. The van der Waals surface area contributed by atoms with Crippen molar-refractivity contribution < 1.29 is 0 Å². The summed E-state index contributed by atoms with van der Waals surface area (Å²) in [5.41, 5.74) is 3.07. The molecule has 1 N–H and O–H groups in total. The van der Waals surface area contributed by atoms with E-state index in [0.29, 0.717) is 5.56 Å². The zero-order valence-corrected chi connectivity index (χ0v) is 9.84. The van der Waals surface area contributed by atoms with Gasteiger partial charge >= 0.3 is 0 Å². The number of nitrogens with zero attached hydrogens (tertiary/aromatic N) is 1. The van der Waals surface area contributed by atoms with Crippen LogP contribution in [0.5, 0.6) is 0 Å². The number of rotatable bonds is 3. The first kappa shape index (κ1) is 10.7. The fourth-order valence-corrected chi connectivity index (χ4v) is 2.28. The molecule has 0 atom stereocenters. The van der Waals surface area contributed by atoms with Crippen LogP contribution in [-0.4, -0.2) is 0 Å². The van der Waals surface area contributed by atoms with Gasteiger partial charge in [0.15, 0.2) is 0 Å². The SMILES string of the molecule is Cc1ccsc1CNc1ccc(C#N)cc1. The second-order valence-electron chi connectivity index (χ2n) is 3.57. The van der Waals surface area contributed by atoms with Crippen LogP contribution in [0.25, 0.3) is 0 Å². The molecule has 2 aromatic rings. The van der Waals surface area contributed by atoms with Gasteiger partial charge in [0.25, 0.3) is 0 Å². The van der Waals surface area contributed by atoms with E-state index in [1.54, 1.807) is 11.3 Å². The summed E-state index contributed by atoms with van der Waals surface area (Å²) in [5, 5.41) is 14.1. The Morgan fingerprint density at radius 3 is 2.56 bits per heavy atom. The molecule has 2 nitrogen and oxygen atoms in total. The van der Waals surface area contributed by atoms with Crippen LogP contribution in [0.15, 0.2) is 35.7 Å². The highest BCUT2D eigenvalue weighted by Gasteiger charge is 1.99. The van der Waals surface area contributed by atoms with Crippen molar-refractivity contribution >= 4 is 17.0 Å². The van der Waals surface area contributed by atoms with Gasteiger partial charge in [0.1, 0.15) is 0 Å². The van der Waals surface area contributed by atoms with Crippen molar-refractivity contribution in [3.8, 4) is 6.07 Å². The minimum Gasteiger partial charge on any atom is -0.380 e. The number of thiophene rings is 1. The predicted octanol–water partition coefficient (Wildman–Crippen LogP) is 3.54. The van der Waals surface area contributed by atoms with E-state index in [1.165, 1.54) is 10.4 Å². The van der Waals surface area contributed by atoms with Crippen molar-refractivity contribution in [2.45, 2.75) is 13.5 Å². The zero-order chi connectivity index (χ0) is 11.4. The van der Waals surface area contributed by atoms with E-state index in [4.69, 9.17) is 5.26 Å². The van der Waals surface area contributed by atoms with Crippen LogP contribution in [0, 0.1) is 18.3 Å². The molecule has 0 fully saturated rings. The molecule has 0 radical (unpaired) electrons. The lowest BCUT2D eigenvalue weighted by atomic mass is 10.2. The minimum absolute atomic E-state index is 0.692. The van der Waals surface area contributed by atoms with E-state index in [2.05, 4.69) is 29.8 Å². The molecular weight excluding hydrogens is 216 g/mol. The lowest BCUT2D eigenvalue weighted by Gasteiger charge is -2.05. The Morgan fingerprint density at radius 2 is 2.00 bits per heavy atom. The zero-order valence-electron chi connectivity index (χ0n) is 9.03. The van der Waals surface area contributed by atoms with Crippen LogP contribution >= 0.6 is 11.3 Å². The van der Waals surface area contributed by atoms with E-state index < -0.39 is 0 Å². The molecule has 16 heavy (non-hydrogen) atoms. The largest absolute Gasteiger partial charge is 0.380 e. The van der Waals surface area contributed by atoms with E-state index in [9.17, 15) is 0 Å². The summed E-state index contributed by atoms with van der Waals surface area (Å²) < 4.78 is 0. The summed E-state index contributed by atoms with van der Waals surface area (Å²) in [6.07, 6.45) is 0. The molecule has 1 heterocycles. The maximum absolute atomic E-state index is 8.68. The molecule has 0 aliphatic heterocycles. The fraction of sp³-hybridized carbons (Fsp3) is 0.154. The van der Waals surface area contributed by atoms with Gasteiger partial charge in [-0.05, 0) is 48.2 Å². The van der Waals surface area contributed by atoms with Crippen LogP contribution in [-0.2, 0) is 6.54 Å². The lowest BCUT2D eigenvalue weighted by Crippen LogP contribution is -1.98. The quantitative estimate of drug-likeness (QED) is 0.872. The smallest absolute Gasteiger partial charge is 0.0991 e. The molecule has 0 spiro atoms. The van der Waals surface area contributed by atoms with E-state index >= 15 is 0 Å². The van der Waals surface area contributed by atoms with Gasteiger partial charge in [-0.2, -0.15) is 5.26 Å². The highest BCUT2D eigenvalue weighted by atomic mass is 32.1. The number of nitrogens with one attached hydrogen (secondary N) is 1. The maximum Gasteiger partial charge on any atom is 0.0991 e. The van der Waals surface area contributed by atoms with Crippen LogP contribution < -0.4 is 5.32 Å². The number of anilines is 1.